The highest BCUT2D eigenvalue weighted by atomic mass is 35.5. The van der Waals surface area contributed by atoms with Gasteiger partial charge in [0.05, 0.1) is 23.9 Å². The molecule has 8 nitrogen and oxygen atoms in total. The average molecular weight is 401 g/mol. The number of hydrogen-bond donors (Lipinski definition) is 1. The molecule has 0 fully saturated rings. The molecule has 3 heterocycles. The first-order valence-electron chi connectivity index (χ1n) is 8.81. The summed E-state index contributed by atoms with van der Waals surface area (Å²) in [6.45, 7) is 1.12. The van der Waals surface area contributed by atoms with Gasteiger partial charge < -0.3 is 19.3 Å². The van der Waals surface area contributed by atoms with Crippen LogP contribution in [0.3, 0.4) is 0 Å². The first-order valence-corrected chi connectivity index (χ1v) is 9.19. The number of hydrogen-bond acceptors (Lipinski definition) is 7. The van der Waals surface area contributed by atoms with Gasteiger partial charge in [-0.3, -0.25) is 9.78 Å². The van der Waals surface area contributed by atoms with Crippen LogP contribution in [-0.2, 0) is 11.2 Å². The predicted molar refractivity (Wildman–Crippen MR) is 102 cm³/mol. The van der Waals surface area contributed by atoms with Crippen LogP contribution in [0.25, 0.3) is 11.4 Å². The van der Waals surface area contributed by atoms with Crippen LogP contribution in [0.1, 0.15) is 18.7 Å². The van der Waals surface area contributed by atoms with E-state index < -0.39 is 0 Å². The van der Waals surface area contributed by atoms with Crippen LogP contribution in [0.15, 0.2) is 41.2 Å². The number of anilines is 1. The number of aryl methyl sites for hydroxylation is 1. The van der Waals surface area contributed by atoms with Gasteiger partial charge in [-0.25, -0.2) is 0 Å². The average Bonchev–Trinajstić information content (AvgIpc) is 3.07. The lowest BCUT2D eigenvalue weighted by Gasteiger charge is -2.12. The van der Waals surface area contributed by atoms with Crippen LogP contribution in [0.4, 0.5) is 5.69 Å². The predicted octanol–water partition coefficient (Wildman–Crippen LogP) is 3.52. The summed E-state index contributed by atoms with van der Waals surface area (Å²) in [5.74, 6) is 1.73. The molecule has 1 N–H and O–H groups in total. The molecule has 0 radical (unpaired) electrons. The Bertz CT molecular complexity index is 977. The van der Waals surface area contributed by atoms with E-state index in [4.69, 9.17) is 25.6 Å². The first kappa shape index (κ1) is 18.2. The van der Waals surface area contributed by atoms with Crippen LogP contribution in [0.2, 0.25) is 5.02 Å². The highest BCUT2D eigenvalue weighted by molar-refractivity contribution is 6.34. The summed E-state index contributed by atoms with van der Waals surface area (Å²) in [6, 6.07) is 6.95. The molecule has 0 saturated heterocycles. The molecule has 0 bridgehead atoms. The number of halogens is 1. The molecule has 1 amide bonds. The lowest BCUT2D eigenvalue weighted by Crippen LogP contribution is -2.13. The Morgan fingerprint density at radius 3 is 2.82 bits per heavy atom. The molecule has 1 aliphatic rings. The van der Waals surface area contributed by atoms with Crippen molar-refractivity contribution in [3.05, 3.63) is 47.6 Å². The minimum atomic E-state index is -0.225. The van der Waals surface area contributed by atoms with Gasteiger partial charge in [0.15, 0.2) is 11.5 Å². The molecule has 144 valence electrons. The fraction of sp³-hybridized carbons (Fsp3) is 0.263. The number of carbonyl (C=O) groups excluding carboxylic acids is 1. The molecule has 1 aromatic carbocycles. The monoisotopic (exact) mass is 400 g/mol. The highest BCUT2D eigenvalue weighted by Gasteiger charge is 2.16. The van der Waals surface area contributed by atoms with Crippen molar-refractivity contribution in [2.45, 2.75) is 19.3 Å². The summed E-state index contributed by atoms with van der Waals surface area (Å²) >= 11 is 6.25. The van der Waals surface area contributed by atoms with Crippen LogP contribution >= 0.6 is 11.6 Å². The van der Waals surface area contributed by atoms with Gasteiger partial charge in [-0.15, -0.1) is 0 Å². The van der Waals surface area contributed by atoms with Gasteiger partial charge in [-0.1, -0.05) is 16.8 Å². The topological polar surface area (TPSA) is 99.4 Å². The third kappa shape index (κ3) is 4.23. The lowest BCUT2D eigenvalue weighted by molar-refractivity contribution is -0.116. The Hall–Kier alpha value is -3.13. The first-order chi connectivity index (χ1) is 13.7. The van der Waals surface area contributed by atoms with Crippen LogP contribution in [0, 0.1) is 0 Å². The molecular formula is C19H17ClN4O4. The second-order valence-electron chi connectivity index (χ2n) is 6.13. The molecule has 0 unspecified atom stereocenters. The zero-order valence-corrected chi connectivity index (χ0v) is 15.6. The summed E-state index contributed by atoms with van der Waals surface area (Å²) in [4.78, 5) is 20.6. The van der Waals surface area contributed by atoms with E-state index in [9.17, 15) is 4.79 Å². The third-order valence-corrected chi connectivity index (χ3v) is 4.38. The molecule has 0 aliphatic carbocycles. The van der Waals surface area contributed by atoms with E-state index in [0.29, 0.717) is 53.6 Å². The maximum Gasteiger partial charge on any atom is 0.227 e. The third-order valence-electron chi connectivity index (χ3n) is 4.07. The number of ether oxygens (including phenoxy) is 2. The molecule has 3 aromatic rings. The van der Waals surface area contributed by atoms with E-state index in [1.807, 2.05) is 6.07 Å². The molecule has 9 heteroatoms. The number of aromatic nitrogens is 3. The zero-order valence-electron chi connectivity index (χ0n) is 14.9. The van der Waals surface area contributed by atoms with E-state index in [1.54, 1.807) is 30.6 Å². The molecule has 28 heavy (non-hydrogen) atoms. The minimum absolute atomic E-state index is 0.166. The number of nitrogens with zero attached hydrogens (tertiary/aromatic N) is 3. The summed E-state index contributed by atoms with van der Waals surface area (Å²) in [7, 11) is 0. The SMILES string of the molecule is O=C(CCc1nc(-c2cccnc2)no1)Nc1cc2c(cc1Cl)OCCCO2. The van der Waals surface area contributed by atoms with Gasteiger partial charge in [0.25, 0.3) is 0 Å². The summed E-state index contributed by atoms with van der Waals surface area (Å²) in [5.41, 5.74) is 1.22. The summed E-state index contributed by atoms with van der Waals surface area (Å²) in [5, 5.41) is 7.08. The second-order valence-corrected chi connectivity index (χ2v) is 6.54. The van der Waals surface area contributed by atoms with Crippen molar-refractivity contribution in [3.63, 3.8) is 0 Å². The summed E-state index contributed by atoms with van der Waals surface area (Å²) in [6.07, 6.45) is 4.58. The van der Waals surface area contributed by atoms with Crippen LogP contribution in [0.5, 0.6) is 11.5 Å². The molecular weight excluding hydrogens is 384 g/mol. The Morgan fingerprint density at radius 2 is 2.04 bits per heavy atom. The van der Waals surface area contributed by atoms with Crippen molar-refractivity contribution in [1.82, 2.24) is 15.1 Å². The fourth-order valence-corrected chi connectivity index (χ4v) is 2.88. The fourth-order valence-electron chi connectivity index (χ4n) is 2.68. The maximum absolute atomic E-state index is 12.3. The standard InChI is InChI=1S/C19H17ClN4O4/c20-13-9-15-16(27-8-2-7-26-15)10-14(13)22-17(25)4-5-18-23-19(24-28-18)12-3-1-6-21-11-12/h1,3,6,9-11H,2,4-5,7-8H2,(H,22,25). The molecule has 1 aliphatic heterocycles. The van der Waals surface area contributed by atoms with E-state index in [2.05, 4.69) is 20.4 Å². The number of benzene rings is 1. The van der Waals surface area contributed by atoms with Crippen molar-refractivity contribution in [1.29, 1.82) is 0 Å². The molecule has 0 spiro atoms. The molecule has 0 saturated carbocycles. The number of nitrogens with one attached hydrogen (secondary N) is 1. The number of carbonyl (C=O) groups is 1. The van der Waals surface area contributed by atoms with Gasteiger partial charge in [0.2, 0.25) is 17.6 Å². The smallest absolute Gasteiger partial charge is 0.227 e. The van der Waals surface area contributed by atoms with E-state index in [1.165, 1.54) is 0 Å². The van der Waals surface area contributed by atoms with Crippen molar-refractivity contribution < 1.29 is 18.8 Å². The Morgan fingerprint density at radius 1 is 1.21 bits per heavy atom. The normalized spacial score (nSPS) is 13.0. The van der Waals surface area contributed by atoms with Gasteiger partial charge >= 0.3 is 0 Å². The van der Waals surface area contributed by atoms with Gasteiger partial charge in [-0.05, 0) is 12.1 Å². The lowest BCUT2D eigenvalue weighted by atomic mass is 10.2. The molecule has 4 rings (SSSR count). The number of amides is 1. The minimum Gasteiger partial charge on any atom is -0.490 e. The summed E-state index contributed by atoms with van der Waals surface area (Å²) < 4.78 is 16.4. The Balaban J connectivity index is 1.37. The molecule has 0 atom stereocenters. The van der Waals surface area contributed by atoms with Crippen molar-refractivity contribution in [2.75, 3.05) is 18.5 Å². The number of rotatable bonds is 5. The number of pyridine rings is 1. The van der Waals surface area contributed by atoms with Gasteiger partial charge in [-0.2, -0.15) is 4.98 Å². The van der Waals surface area contributed by atoms with Gasteiger partial charge in [0, 0.05) is 49.4 Å². The van der Waals surface area contributed by atoms with E-state index >= 15 is 0 Å². The molecule has 2 aromatic heterocycles. The Labute approximate surface area is 165 Å². The van der Waals surface area contributed by atoms with E-state index in [-0.39, 0.29) is 12.3 Å². The highest BCUT2D eigenvalue weighted by Crippen LogP contribution is 2.37. The van der Waals surface area contributed by atoms with Crippen molar-refractivity contribution in [3.8, 4) is 22.9 Å². The van der Waals surface area contributed by atoms with Crippen LogP contribution in [-0.4, -0.2) is 34.2 Å². The second kappa shape index (κ2) is 8.26. The maximum atomic E-state index is 12.3. The van der Waals surface area contributed by atoms with Crippen LogP contribution < -0.4 is 14.8 Å². The van der Waals surface area contributed by atoms with Gasteiger partial charge in [0.1, 0.15) is 0 Å². The van der Waals surface area contributed by atoms with Crippen molar-refractivity contribution >= 4 is 23.2 Å². The number of fused-ring (bicyclic) bond motifs is 1. The van der Waals surface area contributed by atoms with E-state index in [0.717, 1.165) is 12.0 Å². The zero-order chi connectivity index (χ0) is 19.3. The van der Waals surface area contributed by atoms with Crippen molar-refractivity contribution in [2.24, 2.45) is 0 Å². The quantitative estimate of drug-likeness (QED) is 0.699. The largest absolute Gasteiger partial charge is 0.490 e. The Kier molecular flexibility index (Phi) is 5.38.